The third kappa shape index (κ3) is 4.27. The van der Waals surface area contributed by atoms with Gasteiger partial charge in [-0.05, 0) is 38.5 Å². The summed E-state index contributed by atoms with van der Waals surface area (Å²) < 4.78 is 5.36. The van der Waals surface area contributed by atoms with Gasteiger partial charge >= 0.3 is 5.97 Å². The molecule has 2 heterocycles. The minimum absolute atomic E-state index is 0.0389. The van der Waals surface area contributed by atoms with Crippen LogP contribution in [0.1, 0.15) is 51.6 Å². The topological polar surface area (TPSA) is 92.4 Å². The molecule has 3 aromatic rings. The fraction of sp³-hybridized carbons (Fsp3) is 0.238. The molecule has 0 saturated heterocycles. The van der Waals surface area contributed by atoms with Crippen LogP contribution in [0.25, 0.3) is 0 Å². The SMILES string of the molecule is CC(=O)c1c(C)[nH]c(C(=O)OCc2csc(N(C(C)=O)c3ccccc3)n2)c1C. The van der Waals surface area contributed by atoms with E-state index in [2.05, 4.69) is 9.97 Å². The highest BCUT2D eigenvalue weighted by Crippen LogP contribution is 2.29. The first-order chi connectivity index (χ1) is 13.8. The zero-order valence-corrected chi connectivity index (χ0v) is 17.4. The number of esters is 1. The molecule has 7 nitrogen and oxygen atoms in total. The summed E-state index contributed by atoms with van der Waals surface area (Å²) >= 11 is 1.29. The van der Waals surface area contributed by atoms with E-state index < -0.39 is 5.97 Å². The Morgan fingerprint density at radius 2 is 1.83 bits per heavy atom. The first kappa shape index (κ1) is 20.5. The Morgan fingerprint density at radius 3 is 2.41 bits per heavy atom. The van der Waals surface area contributed by atoms with Gasteiger partial charge in [0.1, 0.15) is 12.3 Å². The highest BCUT2D eigenvalue weighted by Gasteiger charge is 2.22. The van der Waals surface area contributed by atoms with Crippen molar-refractivity contribution in [2.75, 3.05) is 4.90 Å². The number of aryl methyl sites for hydroxylation is 1. The van der Waals surface area contributed by atoms with Gasteiger partial charge in [0.2, 0.25) is 5.91 Å². The number of benzene rings is 1. The van der Waals surface area contributed by atoms with E-state index in [4.69, 9.17) is 4.74 Å². The van der Waals surface area contributed by atoms with Crippen molar-refractivity contribution in [1.82, 2.24) is 9.97 Å². The molecule has 150 valence electrons. The Balaban J connectivity index is 1.74. The van der Waals surface area contributed by atoms with Crippen LogP contribution in [0.15, 0.2) is 35.7 Å². The van der Waals surface area contributed by atoms with Crippen LogP contribution in [0.3, 0.4) is 0 Å². The van der Waals surface area contributed by atoms with Crippen LogP contribution < -0.4 is 4.90 Å². The average Bonchev–Trinajstić information content (AvgIpc) is 3.24. The number of hydrogen-bond donors (Lipinski definition) is 1. The van der Waals surface area contributed by atoms with Crippen LogP contribution in [0.4, 0.5) is 10.8 Å². The Kier molecular flexibility index (Phi) is 5.93. The molecule has 0 aliphatic carbocycles. The number of aromatic amines is 1. The van der Waals surface area contributed by atoms with Crippen LogP contribution >= 0.6 is 11.3 Å². The van der Waals surface area contributed by atoms with Gasteiger partial charge in [0.15, 0.2) is 10.9 Å². The molecule has 3 rings (SSSR count). The maximum atomic E-state index is 12.4. The van der Waals surface area contributed by atoms with Crippen LogP contribution in [0.2, 0.25) is 0 Å². The minimum Gasteiger partial charge on any atom is -0.454 e. The second-order valence-electron chi connectivity index (χ2n) is 6.57. The van der Waals surface area contributed by atoms with Gasteiger partial charge < -0.3 is 9.72 Å². The molecule has 0 bridgehead atoms. The van der Waals surface area contributed by atoms with Crippen molar-refractivity contribution >= 4 is 39.8 Å². The van der Waals surface area contributed by atoms with E-state index in [1.165, 1.54) is 30.1 Å². The fourth-order valence-corrected chi connectivity index (χ4v) is 4.03. The second kappa shape index (κ2) is 8.40. The third-order valence-electron chi connectivity index (χ3n) is 4.41. The van der Waals surface area contributed by atoms with E-state index in [0.717, 1.165) is 0 Å². The summed E-state index contributed by atoms with van der Waals surface area (Å²) in [6.45, 7) is 6.35. The summed E-state index contributed by atoms with van der Waals surface area (Å²) in [5.41, 5.74) is 3.23. The molecule has 0 unspecified atom stereocenters. The minimum atomic E-state index is -0.556. The number of nitrogens with zero attached hydrogens (tertiary/aromatic N) is 2. The molecule has 0 aliphatic rings. The van der Waals surface area contributed by atoms with Gasteiger partial charge in [-0.1, -0.05) is 18.2 Å². The average molecular weight is 411 g/mol. The Hall–Kier alpha value is -3.26. The lowest BCUT2D eigenvalue weighted by molar-refractivity contribution is -0.115. The van der Waals surface area contributed by atoms with Crippen molar-refractivity contribution in [2.24, 2.45) is 0 Å². The van der Waals surface area contributed by atoms with Gasteiger partial charge in [-0.2, -0.15) is 0 Å². The van der Waals surface area contributed by atoms with Gasteiger partial charge in [0.25, 0.3) is 0 Å². The quantitative estimate of drug-likeness (QED) is 0.481. The van der Waals surface area contributed by atoms with Gasteiger partial charge in [-0.3, -0.25) is 14.5 Å². The molecule has 0 fully saturated rings. The summed E-state index contributed by atoms with van der Waals surface area (Å²) in [6, 6.07) is 9.21. The van der Waals surface area contributed by atoms with E-state index in [9.17, 15) is 14.4 Å². The molecule has 0 radical (unpaired) electrons. The summed E-state index contributed by atoms with van der Waals surface area (Å²) in [5.74, 6) is -0.827. The lowest BCUT2D eigenvalue weighted by atomic mass is 10.1. The summed E-state index contributed by atoms with van der Waals surface area (Å²) in [5, 5.41) is 2.25. The maximum absolute atomic E-state index is 12.4. The third-order valence-corrected chi connectivity index (χ3v) is 5.28. The normalized spacial score (nSPS) is 10.6. The van der Waals surface area contributed by atoms with Gasteiger partial charge in [0, 0.05) is 23.6 Å². The predicted octanol–water partition coefficient (Wildman–Crippen LogP) is 4.33. The Morgan fingerprint density at radius 1 is 1.14 bits per heavy atom. The molecule has 1 N–H and O–H groups in total. The van der Waals surface area contributed by atoms with E-state index in [-0.39, 0.29) is 24.0 Å². The van der Waals surface area contributed by atoms with E-state index >= 15 is 0 Å². The first-order valence-corrected chi connectivity index (χ1v) is 9.85. The van der Waals surface area contributed by atoms with E-state index in [1.54, 1.807) is 19.2 Å². The van der Waals surface area contributed by atoms with Crippen LogP contribution in [-0.2, 0) is 16.1 Å². The number of carbonyl (C=O) groups excluding carboxylic acids is 3. The second-order valence-corrected chi connectivity index (χ2v) is 7.41. The lowest BCUT2D eigenvalue weighted by Gasteiger charge is -2.17. The maximum Gasteiger partial charge on any atom is 0.355 e. The molecule has 0 saturated carbocycles. The zero-order valence-electron chi connectivity index (χ0n) is 16.6. The molecule has 0 atom stereocenters. The predicted molar refractivity (Wildman–Crippen MR) is 111 cm³/mol. The van der Waals surface area contributed by atoms with Gasteiger partial charge in [-0.25, -0.2) is 9.78 Å². The molecule has 8 heteroatoms. The van der Waals surface area contributed by atoms with E-state index in [0.29, 0.717) is 33.3 Å². The number of anilines is 2. The highest BCUT2D eigenvalue weighted by atomic mass is 32.1. The van der Waals surface area contributed by atoms with E-state index in [1.807, 2.05) is 30.3 Å². The summed E-state index contributed by atoms with van der Waals surface area (Å²) in [6.07, 6.45) is 0. The number of ether oxygens (including phenoxy) is 1. The standard InChI is InChI=1S/C21H21N3O4S/c1-12-18(14(3)25)13(2)22-19(12)20(27)28-10-16-11-29-21(23-16)24(15(4)26)17-8-6-5-7-9-17/h5-9,11,22H,10H2,1-4H3. The van der Waals surface area contributed by atoms with Crippen LogP contribution in [-0.4, -0.2) is 27.6 Å². The number of thiazole rings is 1. The summed E-state index contributed by atoms with van der Waals surface area (Å²) in [4.78, 5) is 45.1. The van der Waals surface area contributed by atoms with Crippen LogP contribution in [0.5, 0.6) is 0 Å². The Labute approximate surface area is 172 Å². The summed E-state index contributed by atoms with van der Waals surface area (Å²) in [7, 11) is 0. The van der Waals surface area contributed by atoms with Crippen molar-refractivity contribution in [3.8, 4) is 0 Å². The van der Waals surface area contributed by atoms with Crippen molar-refractivity contribution < 1.29 is 19.1 Å². The van der Waals surface area contributed by atoms with Gasteiger partial charge in [-0.15, -0.1) is 11.3 Å². The fourth-order valence-electron chi connectivity index (χ4n) is 3.16. The lowest BCUT2D eigenvalue weighted by Crippen LogP contribution is -2.22. The first-order valence-electron chi connectivity index (χ1n) is 8.97. The largest absolute Gasteiger partial charge is 0.454 e. The molecule has 29 heavy (non-hydrogen) atoms. The monoisotopic (exact) mass is 411 g/mol. The molecule has 0 spiro atoms. The Bertz CT molecular complexity index is 1070. The highest BCUT2D eigenvalue weighted by molar-refractivity contribution is 7.14. The number of ketones is 1. The van der Waals surface area contributed by atoms with Gasteiger partial charge in [0.05, 0.1) is 11.4 Å². The smallest absolute Gasteiger partial charge is 0.355 e. The number of aromatic nitrogens is 2. The number of carbonyl (C=O) groups is 3. The molecule has 1 amide bonds. The number of amides is 1. The molecule has 1 aromatic carbocycles. The van der Waals surface area contributed by atoms with Crippen molar-refractivity contribution in [2.45, 2.75) is 34.3 Å². The van der Waals surface area contributed by atoms with Crippen molar-refractivity contribution in [3.63, 3.8) is 0 Å². The zero-order chi connectivity index (χ0) is 21.1. The van der Waals surface area contributed by atoms with Crippen molar-refractivity contribution in [1.29, 1.82) is 0 Å². The number of Topliss-reactive ketones (excluding diaryl/α,β-unsaturated/α-hetero) is 1. The number of nitrogens with one attached hydrogen (secondary N) is 1. The number of para-hydroxylation sites is 1. The van der Waals surface area contributed by atoms with Crippen LogP contribution in [0, 0.1) is 13.8 Å². The molecule has 0 aliphatic heterocycles. The number of rotatable bonds is 6. The molecule has 2 aromatic heterocycles. The van der Waals surface area contributed by atoms with Crippen molar-refractivity contribution in [3.05, 3.63) is 63.9 Å². The number of hydrogen-bond acceptors (Lipinski definition) is 6. The number of H-pyrrole nitrogens is 1. The molecular formula is C21H21N3O4S. The molecular weight excluding hydrogens is 390 g/mol.